The van der Waals surface area contributed by atoms with Crippen LogP contribution < -0.4 is 24.3 Å². The highest BCUT2D eigenvalue weighted by molar-refractivity contribution is 5.63. The summed E-state index contributed by atoms with van der Waals surface area (Å²) in [5, 5.41) is 24.2. The molecule has 0 aliphatic heterocycles. The lowest BCUT2D eigenvalue weighted by Crippen LogP contribution is -2.22. The average Bonchev–Trinajstić information content (AvgIpc) is 2.83. The van der Waals surface area contributed by atoms with Gasteiger partial charge in [0.25, 0.3) is 0 Å². The zero-order valence-electron chi connectivity index (χ0n) is 18.7. The number of aliphatic hydroxyl groups excluding tert-OH is 1. The smallest absolute Gasteiger partial charge is 0.203 e. The van der Waals surface area contributed by atoms with E-state index < -0.39 is 0 Å². The summed E-state index contributed by atoms with van der Waals surface area (Å²) in [6.45, 7) is -0.112. The van der Waals surface area contributed by atoms with Crippen LogP contribution in [0.1, 0.15) is 23.1 Å². The molecule has 0 saturated heterocycles. The van der Waals surface area contributed by atoms with Crippen molar-refractivity contribution < 1.29 is 29.2 Å². The lowest BCUT2D eigenvalue weighted by Gasteiger charge is -2.29. The summed E-state index contributed by atoms with van der Waals surface area (Å²) >= 11 is 0. The Bertz CT molecular complexity index is 999. The summed E-state index contributed by atoms with van der Waals surface area (Å²) < 4.78 is 21.6. The molecule has 0 aliphatic carbocycles. The highest BCUT2D eigenvalue weighted by Crippen LogP contribution is 2.43. The number of phenolic OH excluding ortho intramolecular Hbond substituents is 1. The summed E-state index contributed by atoms with van der Waals surface area (Å²) in [6, 6.07) is 18.1. The van der Waals surface area contributed by atoms with E-state index in [-0.39, 0.29) is 24.3 Å². The molecule has 2 atom stereocenters. The number of aromatic hydroxyl groups is 1. The highest BCUT2D eigenvalue weighted by Gasteiger charge is 2.26. The first-order valence-electron chi connectivity index (χ1n) is 10.2. The van der Waals surface area contributed by atoms with E-state index in [1.165, 1.54) is 7.11 Å². The predicted octanol–water partition coefficient (Wildman–Crippen LogP) is 4.36. The second-order valence-corrected chi connectivity index (χ2v) is 7.17. The molecular formula is C25H29NO6. The van der Waals surface area contributed by atoms with Gasteiger partial charge in [0.1, 0.15) is 0 Å². The van der Waals surface area contributed by atoms with E-state index in [2.05, 4.69) is 5.32 Å². The Morgan fingerprint density at radius 1 is 0.750 bits per heavy atom. The number of benzene rings is 3. The van der Waals surface area contributed by atoms with Gasteiger partial charge in [-0.1, -0.05) is 36.4 Å². The van der Waals surface area contributed by atoms with Crippen molar-refractivity contribution in [2.24, 2.45) is 0 Å². The normalized spacial score (nSPS) is 12.5. The zero-order valence-corrected chi connectivity index (χ0v) is 18.7. The van der Waals surface area contributed by atoms with E-state index in [0.717, 1.165) is 11.1 Å². The Morgan fingerprint density at radius 2 is 1.38 bits per heavy atom. The van der Waals surface area contributed by atoms with E-state index in [4.69, 9.17) is 18.9 Å². The van der Waals surface area contributed by atoms with Crippen LogP contribution in [0.4, 0.5) is 5.69 Å². The summed E-state index contributed by atoms with van der Waals surface area (Å²) in [5.74, 6) is 1.59. The third kappa shape index (κ3) is 4.84. The van der Waals surface area contributed by atoms with Crippen LogP contribution in [0.3, 0.4) is 0 Å². The SMILES string of the molecule is COc1ccc([C@@H](Nc2cc(OC)c(OC)c(OC)c2)[C@@H](CO)c2ccccc2)cc1O. The zero-order chi connectivity index (χ0) is 23.1. The van der Waals surface area contributed by atoms with Crippen LogP contribution >= 0.6 is 0 Å². The maximum absolute atomic E-state index is 10.4. The summed E-state index contributed by atoms with van der Waals surface area (Å²) in [4.78, 5) is 0. The Labute approximate surface area is 188 Å². The fourth-order valence-electron chi connectivity index (χ4n) is 3.76. The Kier molecular flexibility index (Phi) is 7.68. The fraction of sp³-hybridized carbons (Fsp3) is 0.280. The summed E-state index contributed by atoms with van der Waals surface area (Å²) in [7, 11) is 6.16. The third-order valence-corrected chi connectivity index (χ3v) is 5.38. The van der Waals surface area contributed by atoms with E-state index in [1.54, 1.807) is 45.6 Å². The predicted molar refractivity (Wildman–Crippen MR) is 123 cm³/mol. The number of hydrogen-bond acceptors (Lipinski definition) is 7. The van der Waals surface area contributed by atoms with E-state index in [1.807, 2.05) is 36.4 Å². The van der Waals surface area contributed by atoms with Crippen molar-refractivity contribution in [3.05, 3.63) is 71.8 Å². The van der Waals surface area contributed by atoms with Crippen LogP contribution in [0.15, 0.2) is 60.7 Å². The molecule has 0 spiro atoms. The largest absolute Gasteiger partial charge is 0.504 e. The molecule has 0 heterocycles. The van der Waals surface area contributed by atoms with Crippen LogP contribution in [0, 0.1) is 0 Å². The van der Waals surface area contributed by atoms with Gasteiger partial charge in [0.15, 0.2) is 23.0 Å². The topological polar surface area (TPSA) is 89.4 Å². The average molecular weight is 440 g/mol. The summed E-state index contributed by atoms with van der Waals surface area (Å²) in [6.07, 6.45) is 0. The van der Waals surface area contributed by atoms with Gasteiger partial charge in [-0.15, -0.1) is 0 Å². The van der Waals surface area contributed by atoms with Gasteiger partial charge in [0, 0.05) is 23.7 Å². The molecule has 3 aromatic rings. The minimum Gasteiger partial charge on any atom is -0.504 e. The number of rotatable bonds is 10. The number of nitrogens with one attached hydrogen (secondary N) is 1. The number of anilines is 1. The first-order valence-corrected chi connectivity index (χ1v) is 10.2. The number of aliphatic hydroxyl groups is 1. The van der Waals surface area contributed by atoms with Gasteiger partial charge < -0.3 is 34.5 Å². The molecule has 0 aromatic heterocycles. The molecule has 7 heteroatoms. The van der Waals surface area contributed by atoms with Crippen molar-refractivity contribution in [1.29, 1.82) is 0 Å². The standard InChI is InChI=1S/C25H29NO6/c1-29-21-11-10-17(12-20(21)28)24(19(15-27)16-8-6-5-7-9-16)26-18-13-22(30-2)25(32-4)23(14-18)31-3/h5-14,19,24,26-28H,15H2,1-4H3/t19-,24+/m0/s1. The Balaban J connectivity index is 2.10. The maximum atomic E-state index is 10.4. The molecule has 170 valence electrons. The van der Waals surface area contributed by atoms with Crippen molar-refractivity contribution in [2.45, 2.75) is 12.0 Å². The monoisotopic (exact) mass is 439 g/mol. The van der Waals surface area contributed by atoms with Crippen molar-refractivity contribution in [1.82, 2.24) is 0 Å². The molecule has 0 saturated carbocycles. The van der Waals surface area contributed by atoms with Gasteiger partial charge in [0.05, 0.1) is 41.1 Å². The number of ether oxygens (including phenoxy) is 4. The molecule has 7 nitrogen and oxygen atoms in total. The lowest BCUT2D eigenvalue weighted by molar-refractivity contribution is 0.253. The highest BCUT2D eigenvalue weighted by atomic mass is 16.5. The minimum absolute atomic E-state index is 0.0199. The first kappa shape index (κ1) is 23.1. The van der Waals surface area contributed by atoms with E-state index >= 15 is 0 Å². The first-order chi connectivity index (χ1) is 15.6. The third-order valence-electron chi connectivity index (χ3n) is 5.38. The molecule has 0 fully saturated rings. The Morgan fingerprint density at radius 3 is 1.88 bits per heavy atom. The Hall–Kier alpha value is -3.58. The molecule has 3 rings (SSSR count). The van der Waals surface area contributed by atoms with Crippen LogP contribution in [-0.2, 0) is 0 Å². The fourth-order valence-corrected chi connectivity index (χ4v) is 3.76. The molecule has 0 bridgehead atoms. The van der Waals surface area contributed by atoms with Crippen LogP contribution in [0.5, 0.6) is 28.7 Å². The van der Waals surface area contributed by atoms with Gasteiger partial charge in [-0.05, 0) is 23.3 Å². The second kappa shape index (κ2) is 10.6. The number of methoxy groups -OCH3 is 4. The number of hydrogen-bond donors (Lipinski definition) is 3. The van der Waals surface area contributed by atoms with Gasteiger partial charge >= 0.3 is 0 Å². The van der Waals surface area contributed by atoms with Crippen molar-refractivity contribution in [3.63, 3.8) is 0 Å². The van der Waals surface area contributed by atoms with Crippen molar-refractivity contribution in [3.8, 4) is 28.7 Å². The van der Waals surface area contributed by atoms with E-state index in [9.17, 15) is 10.2 Å². The maximum Gasteiger partial charge on any atom is 0.203 e. The molecule has 0 radical (unpaired) electrons. The number of phenols is 1. The van der Waals surface area contributed by atoms with Crippen LogP contribution in [0.2, 0.25) is 0 Å². The van der Waals surface area contributed by atoms with Gasteiger partial charge in [-0.2, -0.15) is 0 Å². The molecule has 0 amide bonds. The second-order valence-electron chi connectivity index (χ2n) is 7.17. The minimum atomic E-state index is -0.387. The van der Waals surface area contributed by atoms with Crippen LogP contribution in [0.25, 0.3) is 0 Å². The molecule has 0 aliphatic rings. The van der Waals surface area contributed by atoms with Gasteiger partial charge in [0.2, 0.25) is 5.75 Å². The molecule has 32 heavy (non-hydrogen) atoms. The molecule has 3 aromatic carbocycles. The molecular weight excluding hydrogens is 410 g/mol. The van der Waals surface area contributed by atoms with Gasteiger partial charge in [-0.3, -0.25) is 0 Å². The van der Waals surface area contributed by atoms with Crippen molar-refractivity contribution in [2.75, 3.05) is 40.4 Å². The quantitative estimate of drug-likeness (QED) is 0.433. The molecule has 3 N–H and O–H groups in total. The van der Waals surface area contributed by atoms with Crippen LogP contribution in [-0.4, -0.2) is 45.3 Å². The van der Waals surface area contributed by atoms with E-state index in [0.29, 0.717) is 28.7 Å². The van der Waals surface area contributed by atoms with Gasteiger partial charge in [-0.25, -0.2) is 0 Å². The van der Waals surface area contributed by atoms with Crippen molar-refractivity contribution >= 4 is 5.69 Å². The summed E-state index contributed by atoms with van der Waals surface area (Å²) in [5.41, 5.74) is 2.43. The lowest BCUT2D eigenvalue weighted by atomic mass is 9.87. The molecule has 0 unspecified atom stereocenters.